The van der Waals surface area contributed by atoms with Crippen molar-refractivity contribution in [3.63, 3.8) is 0 Å². The van der Waals surface area contributed by atoms with Gasteiger partial charge in [0, 0.05) is 5.92 Å². The molecule has 0 aromatic carbocycles. The summed E-state index contributed by atoms with van der Waals surface area (Å²) in [7, 11) is 0. The molecule has 1 amide bonds. The predicted octanol–water partition coefficient (Wildman–Crippen LogP) is 0.144. The largest absolute Gasteiger partial charge is 0.354 e. The van der Waals surface area contributed by atoms with Crippen LogP contribution in [0.4, 0.5) is 0 Å². The summed E-state index contributed by atoms with van der Waals surface area (Å²) in [5.74, 6) is -0.472. The Labute approximate surface area is 105 Å². The molecule has 18 heavy (non-hydrogen) atoms. The van der Waals surface area contributed by atoms with E-state index in [1.807, 2.05) is 0 Å². The number of hydrogen-bond acceptors (Lipinski definition) is 5. The van der Waals surface area contributed by atoms with Crippen molar-refractivity contribution < 1.29 is 19.9 Å². The van der Waals surface area contributed by atoms with Crippen molar-refractivity contribution in [2.24, 2.45) is 5.92 Å². The molecule has 8 heteroatoms. The van der Waals surface area contributed by atoms with Gasteiger partial charge in [-0.25, -0.2) is 0 Å². The molecule has 0 aromatic heterocycles. The van der Waals surface area contributed by atoms with Crippen LogP contribution in [0.2, 0.25) is 0 Å². The van der Waals surface area contributed by atoms with Gasteiger partial charge in [-0.3, -0.25) is 4.79 Å². The van der Waals surface area contributed by atoms with Crippen LogP contribution < -0.4 is 5.32 Å². The van der Waals surface area contributed by atoms with Crippen LogP contribution in [0.3, 0.4) is 0 Å². The van der Waals surface area contributed by atoms with E-state index in [1.165, 1.54) is 0 Å². The molecular weight excluding hydrogens is 242 g/mol. The first kappa shape index (κ1) is 14.7. The third kappa shape index (κ3) is 2.25. The summed E-state index contributed by atoms with van der Waals surface area (Å²) < 4.78 is 0. The molecule has 1 aliphatic heterocycles. The van der Waals surface area contributed by atoms with Crippen molar-refractivity contribution in [1.82, 2.24) is 10.4 Å². The van der Waals surface area contributed by atoms with Crippen LogP contribution in [0.15, 0.2) is 0 Å². The van der Waals surface area contributed by atoms with Crippen LogP contribution in [0, 0.1) is 16.0 Å². The number of carbonyl (C=O) groups excluding carboxylic acids is 1. The number of hydrogen-bond donors (Lipinski definition) is 1. The van der Waals surface area contributed by atoms with E-state index >= 15 is 0 Å². The molecule has 1 saturated heterocycles. The summed E-state index contributed by atoms with van der Waals surface area (Å²) in [5, 5.41) is 25.0. The molecule has 0 saturated carbocycles. The fourth-order valence-corrected chi connectivity index (χ4v) is 2.75. The summed E-state index contributed by atoms with van der Waals surface area (Å²) in [6, 6.07) is -0.512. The van der Waals surface area contributed by atoms with Gasteiger partial charge in [-0.05, 0) is 27.7 Å². The van der Waals surface area contributed by atoms with Gasteiger partial charge in [0.15, 0.2) is 0 Å². The molecule has 0 spiro atoms. The zero-order valence-corrected chi connectivity index (χ0v) is 10.9. The summed E-state index contributed by atoms with van der Waals surface area (Å²) in [6.07, 6.45) is 0.501. The fourth-order valence-electron chi connectivity index (χ4n) is 2.75. The molecular formula is C10H18N3O5. The Kier molecular flexibility index (Phi) is 3.82. The lowest BCUT2D eigenvalue weighted by molar-refractivity contribution is -0.759. The third-order valence-corrected chi connectivity index (χ3v) is 3.72. The Morgan fingerprint density at radius 1 is 1.39 bits per heavy atom. The maximum absolute atomic E-state index is 12.2. The minimum atomic E-state index is -0.894. The van der Waals surface area contributed by atoms with E-state index in [1.54, 1.807) is 27.7 Å². The van der Waals surface area contributed by atoms with Gasteiger partial charge < -0.3 is 10.2 Å². The lowest BCUT2D eigenvalue weighted by atomic mass is 9.83. The number of carbonyl (C=O) groups is 1. The number of hydroxylamine groups is 2. The molecule has 0 bridgehead atoms. The molecule has 103 valence electrons. The van der Waals surface area contributed by atoms with Crippen LogP contribution in [0.25, 0.3) is 0 Å². The number of amides is 1. The van der Waals surface area contributed by atoms with Crippen molar-refractivity contribution in [3.8, 4) is 0 Å². The van der Waals surface area contributed by atoms with E-state index in [0.717, 1.165) is 5.06 Å². The average Bonchev–Trinajstić information content (AvgIpc) is 2.36. The Hall–Kier alpha value is -1.41. The van der Waals surface area contributed by atoms with Crippen molar-refractivity contribution in [2.45, 2.75) is 44.8 Å². The third-order valence-electron chi connectivity index (χ3n) is 3.72. The van der Waals surface area contributed by atoms with Crippen molar-refractivity contribution in [3.05, 3.63) is 10.1 Å². The van der Waals surface area contributed by atoms with E-state index in [9.17, 15) is 20.1 Å². The molecule has 1 N–H and O–H groups in total. The van der Waals surface area contributed by atoms with Crippen LogP contribution in [0.5, 0.6) is 0 Å². The second-order valence-corrected chi connectivity index (χ2v) is 5.49. The predicted molar refractivity (Wildman–Crippen MR) is 60.1 cm³/mol. The van der Waals surface area contributed by atoms with E-state index < -0.39 is 28.1 Å². The van der Waals surface area contributed by atoms with Gasteiger partial charge in [0.25, 0.3) is 5.09 Å². The highest BCUT2D eigenvalue weighted by Crippen LogP contribution is 2.44. The number of nitrogens with one attached hydrogen (secondary N) is 1. The smallest absolute Gasteiger partial charge is 0.294 e. The van der Waals surface area contributed by atoms with Crippen LogP contribution in [0.1, 0.15) is 27.7 Å². The average molecular weight is 260 g/mol. The molecule has 0 aliphatic carbocycles. The molecule has 2 atom stereocenters. The summed E-state index contributed by atoms with van der Waals surface area (Å²) >= 11 is 0. The highest BCUT2D eigenvalue weighted by molar-refractivity contribution is 5.48. The zero-order valence-electron chi connectivity index (χ0n) is 10.9. The van der Waals surface area contributed by atoms with Gasteiger partial charge in [-0.1, -0.05) is 0 Å². The highest BCUT2D eigenvalue weighted by atomic mass is 16.9. The van der Waals surface area contributed by atoms with Gasteiger partial charge >= 0.3 is 0 Å². The zero-order chi connectivity index (χ0) is 14.1. The second-order valence-electron chi connectivity index (χ2n) is 5.49. The quantitative estimate of drug-likeness (QED) is 0.430. The van der Waals surface area contributed by atoms with E-state index in [0.29, 0.717) is 6.41 Å². The molecule has 2 unspecified atom stereocenters. The van der Waals surface area contributed by atoms with E-state index in [2.05, 4.69) is 10.2 Å². The second kappa shape index (κ2) is 4.69. The summed E-state index contributed by atoms with van der Waals surface area (Å²) in [4.78, 5) is 25.3. The molecule has 1 rings (SSSR count). The first-order valence-corrected chi connectivity index (χ1v) is 5.60. The van der Waals surface area contributed by atoms with Crippen molar-refractivity contribution >= 4 is 6.41 Å². The molecule has 1 heterocycles. The van der Waals surface area contributed by atoms with Gasteiger partial charge in [0.2, 0.25) is 6.41 Å². The molecule has 1 fully saturated rings. The van der Waals surface area contributed by atoms with Crippen molar-refractivity contribution in [2.75, 3.05) is 6.61 Å². The normalized spacial score (nSPS) is 29.8. The molecule has 1 aliphatic rings. The molecule has 0 aromatic rings. The fraction of sp³-hybridized carbons (Fsp3) is 0.900. The van der Waals surface area contributed by atoms with E-state index in [-0.39, 0.29) is 6.61 Å². The lowest BCUT2D eigenvalue weighted by Gasteiger charge is -2.33. The topological polar surface area (TPSA) is 105 Å². The Morgan fingerprint density at radius 2 is 1.94 bits per heavy atom. The highest BCUT2D eigenvalue weighted by Gasteiger charge is 2.59. The summed E-state index contributed by atoms with van der Waals surface area (Å²) in [5.41, 5.74) is -1.71. The lowest BCUT2D eigenvalue weighted by Crippen LogP contribution is -2.51. The summed E-state index contributed by atoms with van der Waals surface area (Å²) in [6.45, 7) is 6.52. The van der Waals surface area contributed by atoms with Gasteiger partial charge in [-0.2, -0.15) is 0 Å². The monoisotopic (exact) mass is 260 g/mol. The number of nitrogens with zero attached hydrogens (tertiary/aromatic N) is 2. The van der Waals surface area contributed by atoms with Crippen LogP contribution >= 0.6 is 0 Å². The molecule has 8 nitrogen and oxygen atoms in total. The van der Waals surface area contributed by atoms with Gasteiger partial charge in [-0.15, -0.1) is 20.4 Å². The first-order valence-electron chi connectivity index (χ1n) is 5.60. The maximum atomic E-state index is 12.2. The Bertz CT molecular complexity index is 344. The first-order chi connectivity index (χ1) is 8.15. The van der Waals surface area contributed by atoms with Crippen LogP contribution in [-0.4, -0.2) is 40.3 Å². The van der Waals surface area contributed by atoms with Crippen molar-refractivity contribution in [1.29, 1.82) is 0 Å². The Morgan fingerprint density at radius 3 is 2.39 bits per heavy atom. The van der Waals surface area contributed by atoms with Gasteiger partial charge in [0.05, 0.1) is 17.1 Å². The maximum Gasteiger partial charge on any atom is 0.294 e. The number of rotatable bonds is 5. The van der Waals surface area contributed by atoms with E-state index in [4.69, 9.17) is 0 Å². The minimum absolute atomic E-state index is 0.228. The van der Waals surface area contributed by atoms with Gasteiger partial charge in [0.1, 0.15) is 6.61 Å². The minimum Gasteiger partial charge on any atom is -0.354 e. The van der Waals surface area contributed by atoms with Crippen LogP contribution in [-0.2, 0) is 14.8 Å². The molecule has 1 radical (unpaired) electrons. The SMILES string of the molecule is CC1(C)C(CO[N+](=O)[O-])C(NC=O)C(C)(C)N1[O]. The standard InChI is InChI=1S/C10H18N3O5/c1-9(2)7(5-18-13(16)17)8(11-6-14)10(3,4)12(9)15/h6-8H,5H2,1-4H3,(H,11,14). The Balaban J connectivity index is 3.01.